The number of hydrogen-bond acceptors (Lipinski definition) is 4. The summed E-state index contributed by atoms with van der Waals surface area (Å²) in [7, 11) is 0. The van der Waals surface area contributed by atoms with Crippen LogP contribution in [0.15, 0.2) is 12.2 Å². The Hall–Kier alpha value is -1.85. The summed E-state index contributed by atoms with van der Waals surface area (Å²) in [6.07, 6.45) is 6.70. The largest absolute Gasteiger partial charge is 0.480 e. The molecule has 0 radical (unpaired) electrons. The van der Waals surface area contributed by atoms with Gasteiger partial charge in [0.05, 0.1) is 0 Å². The predicted octanol–water partition coefficient (Wildman–Crippen LogP) is 2.04. The number of hydrogen-bond donors (Lipinski definition) is 2. The van der Waals surface area contributed by atoms with Crippen molar-refractivity contribution in [1.29, 1.82) is 0 Å². The molecule has 0 aliphatic carbocycles. The zero-order chi connectivity index (χ0) is 16.5. The minimum absolute atomic E-state index is 0.110. The van der Waals surface area contributed by atoms with Crippen molar-refractivity contribution in [1.82, 2.24) is 5.32 Å². The molecule has 1 unspecified atom stereocenters. The Balaban J connectivity index is 2.45. The molecule has 1 aliphatic rings. The number of amides is 1. The van der Waals surface area contributed by atoms with E-state index in [1.54, 1.807) is 0 Å². The van der Waals surface area contributed by atoms with Crippen LogP contribution in [0.1, 0.15) is 51.9 Å². The van der Waals surface area contributed by atoms with E-state index in [1.165, 1.54) is 19.3 Å². The van der Waals surface area contributed by atoms with Gasteiger partial charge >= 0.3 is 11.9 Å². The van der Waals surface area contributed by atoms with E-state index in [0.717, 1.165) is 19.3 Å². The average molecular weight is 311 g/mol. The number of esters is 1. The van der Waals surface area contributed by atoms with Crippen molar-refractivity contribution >= 4 is 17.8 Å². The van der Waals surface area contributed by atoms with E-state index in [-0.39, 0.29) is 5.57 Å². The number of carboxylic acid groups (broad SMARTS) is 1. The zero-order valence-corrected chi connectivity index (χ0v) is 13.1. The summed E-state index contributed by atoms with van der Waals surface area (Å²) in [6.45, 7) is 5.29. The number of aliphatic carboxylic acids is 1. The van der Waals surface area contributed by atoms with E-state index in [2.05, 4.69) is 18.8 Å². The molecule has 0 spiro atoms. The molecule has 0 aromatic heterocycles. The minimum Gasteiger partial charge on any atom is -0.480 e. The van der Waals surface area contributed by atoms with E-state index in [4.69, 9.17) is 9.84 Å². The van der Waals surface area contributed by atoms with Gasteiger partial charge < -0.3 is 15.2 Å². The van der Waals surface area contributed by atoms with E-state index in [1.807, 2.05) is 0 Å². The SMILES string of the molecule is C=C1C(=O)OC(CCCCCCCC)[C@@H]1C(=O)NCC(=O)O. The third kappa shape index (κ3) is 5.50. The van der Waals surface area contributed by atoms with Crippen molar-refractivity contribution in [2.24, 2.45) is 5.92 Å². The molecule has 6 nitrogen and oxygen atoms in total. The fourth-order valence-electron chi connectivity index (χ4n) is 2.58. The number of carbonyl (C=O) groups is 3. The van der Waals surface area contributed by atoms with Gasteiger partial charge in [-0.3, -0.25) is 9.59 Å². The van der Waals surface area contributed by atoms with E-state index in [0.29, 0.717) is 6.42 Å². The molecule has 1 saturated heterocycles. The van der Waals surface area contributed by atoms with Crippen LogP contribution in [-0.2, 0) is 19.1 Å². The van der Waals surface area contributed by atoms with Gasteiger partial charge in [-0.15, -0.1) is 0 Å². The van der Waals surface area contributed by atoms with Crippen molar-refractivity contribution in [3.05, 3.63) is 12.2 Å². The summed E-state index contributed by atoms with van der Waals surface area (Å²) >= 11 is 0. The number of nitrogens with one attached hydrogen (secondary N) is 1. The maximum absolute atomic E-state index is 12.0. The standard InChI is InChI=1S/C16H25NO5/c1-3-4-5-6-7-8-9-12-14(11(2)16(21)22-12)15(20)17-10-13(18)19/h12,14H,2-10H2,1H3,(H,17,20)(H,18,19)/t12?,14-/m1/s1. The van der Waals surface area contributed by atoms with Crippen LogP contribution < -0.4 is 5.32 Å². The first kappa shape index (κ1) is 18.2. The first-order valence-corrected chi connectivity index (χ1v) is 7.86. The highest BCUT2D eigenvalue weighted by Crippen LogP contribution is 2.30. The Morgan fingerprint density at radius 2 is 1.86 bits per heavy atom. The monoisotopic (exact) mass is 311 g/mol. The van der Waals surface area contributed by atoms with Crippen molar-refractivity contribution in [3.63, 3.8) is 0 Å². The molecule has 2 atom stereocenters. The number of rotatable bonds is 10. The quantitative estimate of drug-likeness (QED) is 0.366. The van der Waals surface area contributed by atoms with E-state index >= 15 is 0 Å². The lowest BCUT2D eigenvalue weighted by molar-refractivity contribution is -0.141. The van der Waals surface area contributed by atoms with Gasteiger partial charge in [0.15, 0.2) is 0 Å². The van der Waals surface area contributed by atoms with Crippen LogP contribution >= 0.6 is 0 Å². The molecule has 22 heavy (non-hydrogen) atoms. The van der Waals surface area contributed by atoms with Crippen LogP contribution in [-0.4, -0.2) is 35.6 Å². The first-order valence-electron chi connectivity index (χ1n) is 7.86. The minimum atomic E-state index is -1.13. The van der Waals surface area contributed by atoms with Gasteiger partial charge in [0.2, 0.25) is 5.91 Å². The molecule has 0 saturated carbocycles. The maximum atomic E-state index is 12.0. The highest BCUT2D eigenvalue weighted by molar-refractivity contribution is 6.00. The van der Waals surface area contributed by atoms with Gasteiger partial charge in [-0.1, -0.05) is 45.6 Å². The van der Waals surface area contributed by atoms with Crippen molar-refractivity contribution < 1.29 is 24.2 Å². The van der Waals surface area contributed by atoms with Gasteiger partial charge in [0.1, 0.15) is 18.6 Å². The van der Waals surface area contributed by atoms with Gasteiger partial charge in [-0.25, -0.2) is 4.79 Å². The van der Waals surface area contributed by atoms with E-state index < -0.39 is 36.4 Å². The number of unbranched alkanes of at least 4 members (excludes halogenated alkanes) is 5. The molecular weight excluding hydrogens is 286 g/mol. The summed E-state index contributed by atoms with van der Waals surface area (Å²) in [4.78, 5) is 34.1. The number of carboxylic acids is 1. The molecule has 1 amide bonds. The zero-order valence-electron chi connectivity index (χ0n) is 13.1. The lowest BCUT2D eigenvalue weighted by Gasteiger charge is -2.16. The van der Waals surface area contributed by atoms with Crippen molar-refractivity contribution in [2.45, 2.75) is 58.0 Å². The smallest absolute Gasteiger partial charge is 0.334 e. The summed E-state index contributed by atoms with van der Waals surface area (Å²) < 4.78 is 5.20. The fraction of sp³-hybridized carbons (Fsp3) is 0.688. The summed E-state index contributed by atoms with van der Waals surface area (Å²) in [5, 5.41) is 10.9. The number of carbonyl (C=O) groups excluding carboxylic acids is 2. The molecule has 2 N–H and O–H groups in total. The molecule has 1 aliphatic heterocycles. The van der Waals surface area contributed by atoms with Crippen LogP contribution in [0, 0.1) is 5.92 Å². The molecule has 1 rings (SSSR count). The molecule has 0 aromatic carbocycles. The van der Waals surface area contributed by atoms with Crippen LogP contribution in [0.4, 0.5) is 0 Å². The highest BCUT2D eigenvalue weighted by atomic mass is 16.6. The van der Waals surface area contributed by atoms with Gasteiger partial charge in [0.25, 0.3) is 0 Å². The molecule has 1 heterocycles. The van der Waals surface area contributed by atoms with Gasteiger partial charge in [-0.05, 0) is 12.8 Å². The molecule has 0 bridgehead atoms. The number of cyclic esters (lactones) is 1. The maximum Gasteiger partial charge on any atom is 0.334 e. The third-order valence-electron chi connectivity index (χ3n) is 3.81. The van der Waals surface area contributed by atoms with Crippen LogP contribution in [0.3, 0.4) is 0 Å². The number of ether oxygens (including phenoxy) is 1. The lowest BCUT2D eigenvalue weighted by Crippen LogP contribution is -2.38. The molecule has 124 valence electrons. The Morgan fingerprint density at radius 3 is 2.50 bits per heavy atom. The van der Waals surface area contributed by atoms with Crippen molar-refractivity contribution in [2.75, 3.05) is 6.54 Å². The molecule has 6 heteroatoms. The van der Waals surface area contributed by atoms with Gasteiger partial charge in [0, 0.05) is 5.57 Å². The average Bonchev–Trinajstić information content (AvgIpc) is 2.75. The van der Waals surface area contributed by atoms with E-state index in [9.17, 15) is 14.4 Å². The Morgan fingerprint density at radius 1 is 1.23 bits per heavy atom. The van der Waals surface area contributed by atoms with Crippen LogP contribution in [0.25, 0.3) is 0 Å². The lowest BCUT2D eigenvalue weighted by atomic mass is 9.92. The summed E-state index contributed by atoms with van der Waals surface area (Å²) in [5.74, 6) is -2.97. The second kappa shape index (κ2) is 9.23. The normalized spacial score (nSPS) is 20.8. The Bertz CT molecular complexity index is 432. The predicted molar refractivity (Wildman–Crippen MR) is 81.1 cm³/mol. The van der Waals surface area contributed by atoms with Crippen molar-refractivity contribution in [3.8, 4) is 0 Å². The fourth-order valence-corrected chi connectivity index (χ4v) is 2.58. The Labute approximate surface area is 130 Å². The Kier molecular flexibility index (Phi) is 7.63. The highest BCUT2D eigenvalue weighted by Gasteiger charge is 2.42. The van der Waals surface area contributed by atoms with Crippen LogP contribution in [0.2, 0.25) is 0 Å². The summed E-state index contributed by atoms with van der Waals surface area (Å²) in [6, 6.07) is 0. The van der Waals surface area contributed by atoms with Crippen LogP contribution in [0.5, 0.6) is 0 Å². The van der Waals surface area contributed by atoms with Gasteiger partial charge in [-0.2, -0.15) is 0 Å². The second-order valence-corrected chi connectivity index (χ2v) is 5.61. The molecular formula is C16H25NO5. The summed E-state index contributed by atoms with van der Waals surface area (Å²) in [5.41, 5.74) is 0.110. The molecule has 1 fully saturated rings. The second-order valence-electron chi connectivity index (χ2n) is 5.61. The third-order valence-corrected chi connectivity index (χ3v) is 3.81. The molecule has 0 aromatic rings. The first-order chi connectivity index (χ1) is 10.5. The topological polar surface area (TPSA) is 92.7 Å².